The number of hydrogen-bond donors (Lipinski definition) is 2. The molecule has 1 aromatic heterocycles. The van der Waals surface area contributed by atoms with E-state index in [9.17, 15) is 4.79 Å². The van der Waals surface area contributed by atoms with Gasteiger partial charge in [-0.25, -0.2) is 4.98 Å². The lowest BCUT2D eigenvalue weighted by Gasteiger charge is -2.23. The number of carbonyl (C=O) groups is 1. The molecular formula is C12H20N4O. The minimum absolute atomic E-state index is 0.371. The number of nitrogens with two attached hydrogens (primary N) is 2. The van der Waals surface area contributed by atoms with E-state index in [0.717, 1.165) is 13.0 Å². The van der Waals surface area contributed by atoms with E-state index < -0.39 is 5.91 Å². The van der Waals surface area contributed by atoms with Crippen LogP contribution in [0, 0.1) is 5.92 Å². The fraction of sp³-hybridized carbons (Fsp3) is 0.500. The molecule has 0 spiro atoms. The van der Waals surface area contributed by atoms with Crippen LogP contribution in [-0.4, -0.2) is 24.5 Å². The van der Waals surface area contributed by atoms with Crippen molar-refractivity contribution in [2.75, 3.05) is 24.2 Å². The number of carbonyl (C=O) groups excluding carboxylic acids is 1. The van der Waals surface area contributed by atoms with E-state index in [1.165, 1.54) is 6.20 Å². The molecule has 1 heterocycles. The summed E-state index contributed by atoms with van der Waals surface area (Å²) in [6.07, 6.45) is 2.61. The third-order valence-electron chi connectivity index (χ3n) is 2.80. The molecule has 0 saturated heterocycles. The second-order valence-corrected chi connectivity index (χ2v) is 4.40. The summed E-state index contributed by atoms with van der Waals surface area (Å²) in [5.74, 6) is 0.614. The Labute approximate surface area is 102 Å². The Kier molecular flexibility index (Phi) is 4.31. The van der Waals surface area contributed by atoms with Crippen LogP contribution in [0.25, 0.3) is 0 Å². The average Bonchev–Trinajstić information content (AvgIpc) is 2.28. The lowest BCUT2D eigenvalue weighted by Crippen LogP contribution is -2.27. The number of hydrogen-bond acceptors (Lipinski definition) is 4. The van der Waals surface area contributed by atoms with E-state index in [-0.39, 0.29) is 0 Å². The number of amides is 1. The Morgan fingerprint density at radius 2 is 2.24 bits per heavy atom. The van der Waals surface area contributed by atoms with E-state index in [1.54, 1.807) is 6.07 Å². The molecule has 0 radical (unpaired) electrons. The third-order valence-corrected chi connectivity index (χ3v) is 2.80. The summed E-state index contributed by atoms with van der Waals surface area (Å²) in [7, 11) is 1.90. The molecule has 0 fully saturated rings. The second kappa shape index (κ2) is 5.52. The maximum absolute atomic E-state index is 11.3. The van der Waals surface area contributed by atoms with Gasteiger partial charge in [0.15, 0.2) is 0 Å². The van der Waals surface area contributed by atoms with E-state index in [4.69, 9.17) is 11.5 Å². The van der Waals surface area contributed by atoms with Crippen LogP contribution in [0.15, 0.2) is 12.3 Å². The van der Waals surface area contributed by atoms with Crippen molar-refractivity contribution in [1.29, 1.82) is 0 Å². The number of aromatic nitrogens is 1. The number of nitrogens with zero attached hydrogens (tertiary/aromatic N) is 2. The summed E-state index contributed by atoms with van der Waals surface area (Å²) in [5.41, 5.74) is 11.7. The molecule has 4 N–H and O–H groups in total. The first-order valence-corrected chi connectivity index (χ1v) is 5.72. The normalized spacial score (nSPS) is 12.2. The highest BCUT2D eigenvalue weighted by molar-refractivity contribution is 5.98. The lowest BCUT2D eigenvalue weighted by molar-refractivity contribution is 0.100. The van der Waals surface area contributed by atoms with Crippen LogP contribution < -0.4 is 16.4 Å². The van der Waals surface area contributed by atoms with Gasteiger partial charge in [0.1, 0.15) is 5.82 Å². The average molecular weight is 236 g/mol. The zero-order valence-corrected chi connectivity index (χ0v) is 10.6. The molecule has 5 nitrogen and oxygen atoms in total. The van der Waals surface area contributed by atoms with Gasteiger partial charge in [-0.1, -0.05) is 20.3 Å². The molecule has 1 amide bonds. The number of anilines is 2. The summed E-state index contributed by atoms with van der Waals surface area (Å²) in [5, 5.41) is 0. The number of pyridine rings is 1. The standard InChI is InChI=1S/C12H20N4O/c1-4-8(2)7-16(3)12-10(11(14)17)5-9(13)6-15-12/h5-6,8H,4,7,13H2,1-3H3,(H2,14,17). The first-order valence-electron chi connectivity index (χ1n) is 5.72. The Bertz CT molecular complexity index is 405. The van der Waals surface area contributed by atoms with Crippen LogP contribution in [-0.2, 0) is 0 Å². The molecule has 17 heavy (non-hydrogen) atoms. The quantitative estimate of drug-likeness (QED) is 0.805. The maximum atomic E-state index is 11.3. The predicted molar refractivity (Wildman–Crippen MR) is 69.9 cm³/mol. The van der Waals surface area contributed by atoms with Gasteiger partial charge in [0.2, 0.25) is 0 Å². The first kappa shape index (κ1) is 13.3. The molecule has 0 aliphatic rings. The Morgan fingerprint density at radius 1 is 1.59 bits per heavy atom. The van der Waals surface area contributed by atoms with Crippen LogP contribution in [0.5, 0.6) is 0 Å². The van der Waals surface area contributed by atoms with Crippen molar-refractivity contribution in [3.8, 4) is 0 Å². The molecular weight excluding hydrogens is 216 g/mol. The van der Waals surface area contributed by atoms with Crippen molar-refractivity contribution in [3.63, 3.8) is 0 Å². The van der Waals surface area contributed by atoms with Gasteiger partial charge in [0.05, 0.1) is 17.4 Å². The van der Waals surface area contributed by atoms with Crippen LogP contribution in [0.2, 0.25) is 0 Å². The minimum atomic E-state index is -0.504. The molecule has 0 aliphatic heterocycles. The fourth-order valence-corrected chi connectivity index (χ4v) is 1.64. The van der Waals surface area contributed by atoms with Gasteiger partial charge >= 0.3 is 0 Å². The highest BCUT2D eigenvalue weighted by Gasteiger charge is 2.15. The topological polar surface area (TPSA) is 85.2 Å². The first-order chi connectivity index (χ1) is 7.95. The van der Waals surface area contributed by atoms with E-state index >= 15 is 0 Å². The largest absolute Gasteiger partial charge is 0.397 e. The molecule has 1 unspecified atom stereocenters. The van der Waals surface area contributed by atoms with Crippen molar-refractivity contribution in [2.24, 2.45) is 11.7 Å². The second-order valence-electron chi connectivity index (χ2n) is 4.40. The third kappa shape index (κ3) is 3.34. The number of nitrogen functional groups attached to an aromatic ring is 1. The van der Waals surface area contributed by atoms with E-state index in [0.29, 0.717) is 23.0 Å². The van der Waals surface area contributed by atoms with E-state index in [2.05, 4.69) is 18.8 Å². The Morgan fingerprint density at radius 3 is 2.76 bits per heavy atom. The van der Waals surface area contributed by atoms with Gasteiger partial charge in [-0.15, -0.1) is 0 Å². The summed E-state index contributed by atoms with van der Waals surface area (Å²) >= 11 is 0. The zero-order valence-electron chi connectivity index (χ0n) is 10.6. The molecule has 5 heteroatoms. The summed E-state index contributed by atoms with van der Waals surface area (Å²) < 4.78 is 0. The molecule has 1 atom stereocenters. The SMILES string of the molecule is CCC(C)CN(C)c1ncc(N)cc1C(N)=O. The van der Waals surface area contributed by atoms with Crippen LogP contribution >= 0.6 is 0 Å². The van der Waals surface area contributed by atoms with Crippen molar-refractivity contribution in [2.45, 2.75) is 20.3 Å². The van der Waals surface area contributed by atoms with Gasteiger partial charge in [-0.05, 0) is 12.0 Å². The van der Waals surface area contributed by atoms with Crippen LogP contribution in [0.4, 0.5) is 11.5 Å². The number of rotatable bonds is 5. The van der Waals surface area contributed by atoms with Gasteiger partial charge < -0.3 is 16.4 Å². The Hall–Kier alpha value is -1.78. The fourth-order valence-electron chi connectivity index (χ4n) is 1.64. The monoisotopic (exact) mass is 236 g/mol. The molecule has 1 aromatic rings. The van der Waals surface area contributed by atoms with Gasteiger partial charge in [-0.3, -0.25) is 4.79 Å². The molecule has 1 rings (SSSR count). The molecule has 0 bridgehead atoms. The molecule has 94 valence electrons. The molecule has 0 aromatic carbocycles. The Balaban J connectivity index is 3.00. The minimum Gasteiger partial charge on any atom is -0.397 e. The summed E-state index contributed by atoms with van der Waals surface area (Å²) in [4.78, 5) is 17.5. The lowest BCUT2D eigenvalue weighted by atomic mass is 10.1. The zero-order chi connectivity index (χ0) is 13.0. The number of primary amides is 1. The summed E-state index contributed by atoms with van der Waals surface area (Å²) in [6.45, 7) is 5.11. The van der Waals surface area contributed by atoms with Crippen molar-refractivity contribution in [3.05, 3.63) is 17.8 Å². The van der Waals surface area contributed by atoms with Gasteiger partial charge in [-0.2, -0.15) is 0 Å². The smallest absolute Gasteiger partial charge is 0.252 e. The molecule has 0 aliphatic carbocycles. The van der Waals surface area contributed by atoms with Crippen molar-refractivity contribution in [1.82, 2.24) is 4.98 Å². The van der Waals surface area contributed by atoms with Crippen LogP contribution in [0.1, 0.15) is 30.6 Å². The van der Waals surface area contributed by atoms with Crippen molar-refractivity contribution < 1.29 is 4.79 Å². The molecule has 0 saturated carbocycles. The van der Waals surface area contributed by atoms with E-state index in [1.807, 2.05) is 11.9 Å². The van der Waals surface area contributed by atoms with Crippen LogP contribution in [0.3, 0.4) is 0 Å². The highest BCUT2D eigenvalue weighted by Crippen LogP contribution is 2.19. The van der Waals surface area contributed by atoms with Gasteiger partial charge in [0.25, 0.3) is 5.91 Å². The highest BCUT2D eigenvalue weighted by atomic mass is 16.1. The summed E-state index contributed by atoms with van der Waals surface area (Å²) in [6, 6.07) is 1.57. The predicted octanol–water partition coefficient (Wildman–Crippen LogP) is 1.25. The van der Waals surface area contributed by atoms with Crippen molar-refractivity contribution >= 4 is 17.4 Å². The maximum Gasteiger partial charge on any atom is 0.252 e. The van der Waals surface area contributed by atoms with Gasteiger partial charge in [0, 0.05) is 13.6 Å².